The fraction of sp³-hybridized carbons (Fsp3) is 0.300. The summed E-state index contributed by atoms with van der Waals surface area (Å²) in [7, 11) is 4.16. The Kier molecular flexibility index (Phi) is 5.61. The third kappa shape index (κ3) is 4.06. The molecule has 0 aliphatic rings. The van der Waals surface area contributed by atoms with Gasteiger partial charge in [0, 0.05) is 10.6 Å². The number of halogens is 1. The number of carbonyl (C=O) groups excluding carboxylic acids is 1. The first-order valence-corrected chi connectivity index (χ1v) is 9.79. The van der Waals surface area contributed by atoms with Gasteiger partial charge in [-0.05, 0) is 61.4 Å². The SMILES string of the molecule is Cc1cc2nc(N(CC[NH+](C)C)C(=O)c3ccc(Cl)cc3)sc2cc1C. The van der Waals surface area contributed by atoms with Crippen LogP contribution in [0.25, 0.3) is 10.2 Å². The molecule has 0 aliphatic heterocycles. The number of hydrogen-bond donors (Lipinski definition) is 1. The Bertz CT molecular complexity index is 895. The predicted molar refractivity (Wildman–Crippen MR) is 110 cm³/mol. The van der Waals surface area contributed by atoms with E-state index >= 15 is 0 Å². The van der Waals surface area contributed by atoms with Gasteiger partial charge >= 0.3 is 0 Å². The first-order chi connectivity index (χ1) is 12.3. The Morgan fingerprint density at radius 1 is 1.15 bits per heavy atom. The number of likely N-dealkylation sites (N-methyl/N-ethyl adjacent to an activating group) is 1. The van der Waals surface area contributed by atoms with Gasteiger partial charge in [0.15, 0.2) is 5.13 Å². The second kappa shape index (κ2) is 7.74. The van der Waals surface area contributed by atoms with E-state index in [0.29, 0.717) is 17.1 Å². The number of thiazole rings is 1. The minimum Gasteiger partial charge on any atom is -0.338 e. The maximum atomic E-state index is 13.1. The summed E-state index contributed by atoms with van der Waals surface area (Å²) in [5.74, 6) is -0.0459. The Hall–Kier alpha value is -1.95. The molecule has 1 aromatic heterocycles. The summed E-state index contributed by atoms with van der Waals surface area (Å²) < 4.78 is 1.11. The first kappa shape index (κ1) is 18.8. The van der Waals surface area contributed by atoms with Crippen LogP contribution >= 0.6 is 22.9 Å². The number of benzene rings is 2. The maximum absolute atomic E-state index is 13.1. The van der Waals surface area contributed by atoms with Crippen molar-refractivity contribution >= 4 is 44.2 Å². The van der Waals surface area contributed by atoms with Gasteiger partial charge in [0.1, 0.15) is 0 Å². The third-order valence-electron chi connectivity index (χ3n) is 4.40. The van der Waals surface area contributed by atoms with Crippen molar-refractivity contribution in [1.29, 1.82) is 0 Å². The summed E-state index contributed by atoms with van der Waals surface area (Å²) in [4.78, 5) is 20.9. The zero-order chi connectivity index (χ0) is 18.8. The molecule has 3 rings (SSSR count). The molecule has 0 saturated carbocycles. The van der Waals surface area contributed by atoms with E-state index in [-0.39, 0.29) is 5.91 Å². The highest BCUT2D eigenvalue weighted by atomic mass is 35.5. The lowest BCUT2D eigenvalue weighted by Gasteiger charge is -2.20. The van der Waals surface area contributed by atoms with Gasteiger partial charge in [0.2, 0.25) is 0 Å². The Labute approximate surface area is 163 Å². The number of amides is 1. The van der Waals surface area contributed by atoms with Gasteiger partial charge in [-0.25, -0.2) is 4.98 Å². The van der Waals surface area contributed by atoms with Crippen molar-refractivity contribution in [3.8, 4) is 0 Å². The molecule has 0 saturated heterocycles. The Balaban J connectivity index is 2.00. The quantitative estimate of drug-likeness (QED) is 0.727. The van der Waals surface area contributed by atoms with Crippen LogP contribution in [-0.4, -0.2) is 38.1 Å². The highest BCUT2D eigenvalue weighted by Gasteiger charge is 2.22. The number of nitrogens with one attached hydrogen (secondary N) is 1. The van der Waals surface area contributed by atoms with Gasteiger partial charge in [-0.2, -0.15) is 0 Å². The number of quaternary nitrogens is 1. The molecule has 1 amide bonds. The lowest BCUT2D eigenvalue weighted by Crippen LogP contribution is -3.06. The largest absolute Gasteiger partial charge is 0.338 e. The first-order valence-electron chi connectivity index (χ1n) is 8.59. The highest BCUT2D eigenvalue weighted by molar-refractivity contribution is 7.22. The van der Waals surface area contributed by atoms with Gasteiger partial charge in [-0.1, -0.05) is 22.9 Å². The van der Waals surface area contributed by atoms with E-state index in [4.69, 9.17) is 16.6 Å². The molecule has 0 aliphatic carbocycles. The van der Waals surface area contributed by atoms with Crippen LogP contribution in [0.15, 0.2) is 36.4 Å². The summed E-state index contributed by atoms with van der Waals surface area (Å²) in [5, 5.41) is 1.36. The van der Waals surface area contributed by atoms with Crippen LogP contribution in [0.1, 0.15) is 21.5 Å². The number of rotatable bonds is 5. The molecule has 0 fully saturated rings. The summed E-state index contributed by atoms with van der Waals surface area (Å²) in [6, 6.07) is 11.3. The topological polar surface area (TPSA) is 37.6 Å². The zero-order valence-electron chi connectivity index (χ0n) is 15.5. The van der Waals surface area contributed by atoms with E-state index in [9.17, 15) is 4.79 Å². The number of anilines is 1. The minimum absolute atomic E-state index is 0.0459. The van der Waals surface area contributed by atoms with Crippen LogP contribution in [0.3, 0.4) is 0 Å². The fourth-order valence-electron chi connectivity index (χ4n) is 2.65. The second-order valence-corrected chi connectivity index (χ2v) is 8.27. The standard InChI is InChI=1S/C20H22ClN3OS/c1-13-11-17-18(12-14(13)2)26-20(22-17)24(10-9-23(3)4)19(25)15-5-7-16(21)8-6-15/h5-8,11-12H,9-10H2,1-4H3/p+1. The molecule has 0 radical (unpaired) electrons. The Morgan fingerprint density at radius 2 is 1.81 bits per heavy atom. The van der Waals surface area contributed by atoms with Crippen molar-refractivity contribution in [2.24, 2.45) is 0 Å². The second-order valence-electron chi connectivity index (χ2n) is 6.82. The zero-order valence-corrected chi connectivity index (χ0v) is 17.0. The molecule has 1 heterocycles. The molecular weight excluding hydrogens is 366 g/mol. The Morgan fingerprint density at radius 3 is 2.46 bits per heavy atom. The summed E-state index contributed by atoms with van der Waals surface area (Å²) >= 11 is 7.52. The lowest BCUT2D eigenvalue weighted by atomic mass is 10.1. The normalized spacial score (nSPS) is 11.3. The van der Waals surface area contributed by atoms with Crippen molar-refractivity contribution in [2.75, 3.05) is 32.1 Å². The van der Waals surface area contributed by atoms with E-state index in [0.717, 1.165) is 21.9 Å². The number of hydrogen-bond acceptors (Lipinski definition) is 3. The van der Waals surface area contributed by atoms with Crippen LogP contribution in [-0.2, 0) is 0 Å². The summed E-state index contributed by atoms with van der Waals surface area (Å²) in [6.07, 6.45) is 0. The van der Waals surface area contributed by atoms with E-state index in [1.807, 2.05) is 0 Å². The van der Waals surface area contributed by atoms with Gasteiger partial charge in [0.05, 0.1) is 37.4 Å². The molecule has 3 aromatic rings. The van der Waals surface area contributed by atoms with Crippen LogP contribution in [0.2, 0.25) is 5.02 Å². The molecule has 26 heavy (non-hydrogen) atoms. The molecule has 1 N–H and O–H groups in total. The van der Waals surface area contributed by atoms with Crippen molar-refractivity contribution in [3.05, 3.63) is 58.1 Å². The van der Waals surface area contributed by atoms with Crippen molar-refractivity contribution in [3.63, 3.8) is 0 Å². The molecule has 136 valence electrons. The van der Waals surface area contributed by atoms with Crippen LogP contribution in [0, 0.1) is 13.8 Å². The lowest BCUT2D eigenvalue weighted by molar-refractivity contribution is -0.856. The molecule has 6 heteroatoms. The van der Waals surface area contributed by atoms with Gasteiger partial charge in [0.25, 0.3) is 5.91 Å². The molecular formula is C20H23ClN3OS+. The molecule has 0 bridgehead atoms. The summed E-state index contributed by atoms with van der Waals surface area (Å²) in [5.41, 5.74) is 4.01. The molecule has 4 nitrogen and oxygen atoms in total. The minimum atomic E-state index is -0.0459. The number of aryl methyl sites for hydroxylation is 2. The molecule has 0 atom stereocenters. The fourth-order valence-corrected chi connectivity index (χ4v) is 3.85. The molecule has 2 aromatic carbocycles. The molecule has 0 spiro atoms. The van der Waals surface area contributed by atoms with Crippen LogP contribution in [0.5, 0.6) is 0 Å². The van der Waals surface area contributed by atoms with Crippen molar-refractivity contribution < 1.29 is 9.69 Å². The average Bonchev–Trinajstić information content (AvgIpc) is 2.98. The van der Waals surface area contributed by atoms with Crippen LogP contribution in [0.4, 0.5) is 5.13 Å². The van der Waals surface area contributed by atoms with Gasteiger partial charge < -0.3 is 4.90 Å². The number of fused-ring (bicyclic) bond motifs is 1. The highest BCUT2D eigenvalue weighted by Crippen LogP contribution is 2.31. The average molecular weight is 389 g/mol. The summed E-state index contributed by atoms with van der Waals surface area (Å²) in [6.45, 7) is 5.63. The maximum Gasteiger partial charge on any atom is 0.260 e. The van der Waals surface area contributed by atoms with Crippen molar-refractivity contribution in [1.82, 2.24) is 4.98 Å². The monoisotopic (exact) mass is 388 g/mol. The van der Waals surface area contributed by atoms with Crippen molar-refractivity contribution in [2.45, 2.75) is 13.8 Å². The smallest absolute Gasteiger partial charge is 0.260 e. The third-order valence-corrected chi connectivity index (χ3v) is 5.69. The van der Waals surface area contributed by atoms with E-state index < -0.39 is 0 Å². The van der Waals surface area contributed by atoms with Gasteiger partial charge in [-0.3, -0.25) is 9.69 Å². The van der Waals surface area contributed by atoms with E-state index in [1.54, 1.807) is 40.5 Å². The number of carbonyl (C=O) groups is 1. The predicted octanol–water partition coefficient (Wildman–Crippen LogP) is 3.36. The van der Waals surface area contributed by atoms with E-state index in [2.05, 4.69) is 40.1 Å². The number of nitrogens with zero attached hydrogens (tertiary/aromatic N) is 2. The van der Waals surface area contributed by atoms with Gasteiger partial charge in [-0.15, -0.1) is 0 Å². The number of aromatic nitrogens is 1. The van der Waals surface area contributed by atoms with Crippen LogP contribution < -0.4 is 9.80 Å². The van der Waals surface area contributed by atoms with E-state index in [1.165, 1.54) is 16.0 Å². The molecule has 0 unspecified atom stereocenters.